The van der Waals surface area contributed by atoms with E-state index < -0.39 is 11.6 Å². The van der Waals surface area contributed by atoms with E-state index in [0.717, 1.165) is 6.07 Å². The van der Waals surface area contributed by atoms with Gasteiger partial charge in [0.25, 0.3) is 0 Å². The Morgan fingerprint density at radius 1 is 1.21 bits per heavy atom. The van der Waals surface area contributed by atoms with Crippen molar-refractivity contribution in [3.05, 3.63) is 48.0 Å². The SMILES string of the molecule is CCOc1cc(Nc2cccc(F)c2F)ccc1N. The molecule has 5 heteroatoms. The van der Waals surface area contributed by atoms with Crippen LogP contribution in [0.1, 0.15) is 6.92 Å². The maximum atomic E-state index is 13.5. The Hall–Kier alpha value is -2.30. The summed E-state index contributed by atoms with van der Waals surface area (Å²) in [6.07, 6.45) is 0. The summed E-state index contributed by atoms with van der Waals surface area (Å²) in [4.78, 5) is 0. The Labute approximate surface area is 110 Å². The summed E-state index contributed by atoms with van der Waals surface area (Å²) in [5.41, 5.74) is 6.86. The third-order valence-electron chi connectivity index (χ3n) is 2.54. The van der Waals surface area contributed by atoms with E-state index in [1.165, 1.54) is 12.1 Å². The Kier molecular flexibility index (Phi) is 3.85. The summed E-state index contributed by atoms with van der Waals surface area (Å²) < 4.78 is 31.9. The van der Waals surface area contributed by atoms with Gasteiger partial charge in [0.2, 0.25) is 0 Å². The Morgan fingerprint density at radius 2 is 2.00 bits per heavy atom. The fourth-order valence-electron chi connectivity index (χ4n) is 1.65. The van der Waals surface area contributed by atoms with Crippen LogP contribution in [0.15, 0.2) is 36.4 Å². The van der Waals surface area contributed by atoms with Crippen LogP contribution in [0.5, 0.6) is 5.75 Å². The van der Waals surface area contributed by atoms with Gasteiger partial charge in [-0.05, 0) is 31.2 Å². The molecule has 0 spiro atoms. The molecule has 0 atom stereocenters. The number of nitrogen functional groups attached to an aromatic ring is 1. The van der Waals surface area contributed by atoms with Crippen molar-refractivity contribution in [2.45, 2.75) is 6.92 Å². The highest BCUT2D eigenvalue weighted by molar-refractivity contribution is 5.67. The molecule has 0 aromatic heterocycles. The average molecular weight is 264 g/mol. The van der Waals surface area contributed by atoms with Crippen molar-refractivity contribution in [1.29, 1.82) is 0 Å². The Morgan fingerprint density at radius 3 is 2.74 bits per heavy atom. The van der Waals surface area contributed by atoms with Gasteiger partial charge in [-0.2, -0.15) is 0 Å². The van der Waals surface area contributed by atoms with Crippen LogP contribution in [-0.4, -0.2) is 6.61 Å². The molecule has 0 aliphatic rings. The van der Waals surface area contributed by atoms with E-state index in [1.54, 1.807) is 18.2 Å². The van der Waals surface area contributed by atoms with Gasteiger partial charge in [0.15, 0.2) is 11.6 Å². The van der Waals surface area contributed by atoms with Crippen LogP contribution >= 0.6 is 0 Å². The van der Waals surface area contributed by atoms with E-state index in [4.69, 9.17) is 10.5 Å². The molecule has 0 saturated heterocycles. The molecular formula is C14H14F2N2O. The van der Waals surface area contributed by atoms with E-state index in [1.807, 2.05) is 6.92 Å². The molecular weight excluding hydrogens is 250 g/mol. The lowest BCUT2D eigenvalue weighted by Gasteiger charge is -2.11. The van der Waals surface area contributed by atoms with Gasteiger partial charge in [-0.3, -0.25) is 0 Å². The van der Waals surface area contributed by atoms with Gasteiger partial charge in [-0.1, -0.05) is 6.07 Å². The molecule has 2 rings (SSSR count). The molecule has 0 fully saturated rings. The first-order chi connectivity index (χ1) is 9.11. The van der Waals surface area contributed by atoms with Gasteiger partial charge in [0.1, 0.15) is 5.75 Å². The van der Waals surface area contributed by atoms with Crippen LogP contribution in [0.2, 0.25) is 0 Å². The fraction of sp³-hybridized carbons (Fsp3) is 0.143. The molecule has 3 nitrogen and oxygen atoms in total. The molecule has 0 aliphatic carbocycles. The van der Waals surface area contributed by atoms with Gasteiger partial charge in [-0.15, -0.1) is 0 Å². The minimum absolute atomic E-state index is 0.0622. The summed E-state index contributed by atoms with van der Waals surface area (Å²) in [5, 5.41) is 2.79. The van der Waals surface area contributed by atoms with Crippen LogP contribution in [0.4, 0.5) is 25.8 Å². The van der Waals surface area contributed by atoms with Crippen molar-refractivity contribution in [1.82, 2.24) is 0 Å². The highest BCUT2D eigenvalue weighted by atomic mass is 19.2. The van der Waals surface area contributed by atoms with Crippen molar-refractivity contribution < 1.29 is 13.5 Å². The van der Waals surface area contributed by atoms with Crippen LogP contribution in [0.25, 0.3) is 0 Å². The van der Waals surface area contributed by atoms with E-state index >= 15 is 0 Å². The summed E-state index contributed by atoms with van der Waals surface area (Å²) in [5.74, 6) is -1.31. The quantitative estimate of drug-likeness (QED) is 0.828. The van der Waals surface area contributed by atoms with Crippen molar-refractivity contribution in [2.24, 2.45) is 0 Å². The van der Waals surface area contributed by atoms with Gasteiger partial charge in [-0.25, -0.2) is 8.78 Å². The number of halogens is 2. The lowest BCUT2D eigenvalue weighted by molar-refractivity contribution is 0.342. The molecule has 0 aliphatic heterocycles. The summed E-state index contributed by atoms with van der Waals surface area (Å²) in [6.45, 7) is 2.31. The normalized spacial score (nSPS) is 10.3. The van der Waals surface area contributed by atoms with E-state index in [2.05, 4.69) is 5.32 Å². The number of anilines is 3. The number of hydrogen-bond acceptors (Lipinski definition) is 3. The fourth-order valence-corrected chi connectivity index (χ4v) is 1.65. The first kappa shape index (κ1) is 13.1. The largest absolute Gasteiger partial charge is 0.492 e. The van der Waals surface area contributed by atoms with Crippen LogP contribution < -0.4 is 15.8 Å². The highest BCUT2D eigenvalue weighted by Crippen LogP contribution is 2.28. The summed E-state index contributed by atoms with van der Waals surface area (Å²) >= 11 is 0. The number of hydrogen-bond donors (Lipinski definition) is 2. The first-order valence-corrected chi connectivity index (χ1v) is 5.85. The lowest BCUT2D eigenvalue weighted by atomic mass is 10.2. The molecule has 2 aromatic carbocycles. The van der Waals surface area contributed by atoms with Crippen molar-refractivity contribution in [3.63, 3.8) is 0 Å². The first-order valence-electron chi connectivity index (χ1n) is 5.85. The van der Waals surface area contributed by atoms with Crippen molar-refractivity contribution >= 4 is 17.1 Å². The van der Waals surface area contributed by atoms with E-state index in [0.29, 0.717) is 23.7 Å². The average Bonchev–Trinajstić information content (AvgIpc) is 2.39. The van der Waals surface area contributed by atoms with Crippen LogP contribution in [0.3, 0.4) is 0 Å². The maximum absolute atomic E-state index is 13.5. The minimum Gasteiger partial charge on any atom is -0.492 e. The summed E-state index contributed by atoms with van der Waals surface area (Å²) in [6, 6.07) is 8.90. The molecule has 0 bridgehead atoms. The van der Waals surface area contributed by atoms with E-state index in [9.17, 15) is 8.78 Å². The standard InChI is InChI=1S/C14H14F2N2O/c1-2-19-13-8-9(6-7-11(13)17)18-12-5-3-4-10(15)14(12)16/h3-8,18H,2,17H2,1H3. The third kappa shape index (κ3) is 2.93. The number of rotatable bonds is 4. The third-order valence-corrected chi connectivity index (χ3v) is 2.54. The topological polar surface area (TPSA) is 47.3 Å². The van der Waals surface area contributed by atoms with Crippen LogP contribution in [-0.2, 0) is 0 Å². The number of benzene rings is 2. The van der Waals surface area contributed by atoms with Gasteiger partial charge in [0, 0.05) is 11.8 Å². The zero-order valence-corrected chi connectivity index (χ0v) is 10.4. The van der Waals surface area contributed by atoms with Crippen molar-refractivity contribution in [3.8, 4) is 5.75 Å². The molecule has 0 saturated carbocycles. The van der Waals surface area contributed by atoms with Gasteiger partial charge in [0.05, 0.1) is 18.0 Å². The van der Waals surface area contributed by atoms with Gasteiger partial charge < -0.3 is 15.8 Å². The number of nitrogens with two attached hydrogens (primary N) is 1. The maximum Gasteiger partial charge on any atom is 0.182 e. The monoisotopic (exact) mass is 264 g/mol. The Balaban J connectivity index is 2.28. The molecule has 0 radical (unpaired) electrons. The second-order valence-electron chi connectivity index (χ2n) is 3.91. The predicted molar refractivity (Wildman–Crippen MR) is 71.7 cm³/mol. The predicted octanol–water partition coefficient (Wildman–Crippen LogP) is 3.69. The second-order valence-corrected chi connectivity index (χ2v) is 3.91. The molecule has 100 valence electrons. The second kappa shape index (κ2) is 5.56. The zero-order chi connectivity index (χ0) is 13.8. The zero-order valence-electron chi connectivity index (χ0n) is 10.4. The summed E-state index contributed by atoms with van der Waals surface area (Å²) in [7, 11) is 0. The molecule has 0 heterocycles. The molecule has 3 N–H and O–H groups in total. The van der Waals surface area contributed by atoms with Crippen molar-refractivity contribution in [2.75, 3.05) is 17.7 Å². The molecule has 0 amide bonds. The molecule has 0 unspecified atom stereocenters. The molecule has 19 heavy (non-hydrogen) atoms. The van der Waals surface area contributed by atoms with Gasteiger partial charge >= 0.3 is 0 Å². The number of ether oxygens (including phenoxy) is 1. The Bertz CT molecular complexity index is 588. The highest BCUT2D eigenvalue weighted by Gasteiger charge is 2.08. The smallest absolute Gasteiger partial charge is 0.182 e. The van der Waals surface area contributed by atoms with Crippen LogP contribution in [0, 0.1) is 11.6 Å². The number of nitrogens with one attached hydrogen (secondary N) is 1. The lowest BCUT2D eigenvalue weighted by Crippen LogP contribution is -2.00. The van der Waals surface area contributed by atoms with E-state index in [-0.39, 0.29) is 5.69 Å². The minimum atomic E-state index is -0.919. The molecule has 2 aromatic rings.